The monoisotopic (exact) mass is 896 g/mol. The topological polar surface area (TPSA) is 35.6 Å². The van der Waals surface area contributed by atoms with Gasteiger partial charge in [-0.05, 0) is 68.3 Å². The number of hydrogen-bond acceptors (Lipinski definition) is 2. The van der Waals surface area contributed by atoms with Crippen molar-refractivity contribution in [1.29, 1.82) is 0 Å². The maximum Gasteiger partial charge on any atom is 0.235 e. The van der Waals surface area contributed by atoms with E-state index >= 15 is 0 Å². The number of para-hydroxylation sites is 3. The van der Waals surface area contributed by atoms with E-state index in [1.165, 1.54) is 42.6 Å². The Labute approximate surface area is 401 Å². The Balaban J connectivity index is 1.05. The largest absolute Gasteiger partial charge is 0.309 e. The van der Waals surface area contributed by atoms with Crippen LogP contribution in [0, 0.1) is 0 Å². The van der Waals surface area contributed by atoms with Crippen LogP contribution in [0.25, 0.3) is 88.9 Å². The van der Waals surface area contributed by atoms with Crippen LogP contribution in [0.1, 0.15) is 0 Å². The summed E-state index contributed by atoms with van der Waals surface area (Å²) in [7, 11) is -2.88. The number of hydrogen-bond donors (Lipinski definition) is 0. The molecule has 324 valence electrons. The van der Waals surface area contributed by atoms with Gasteiger partial charge in [-0.3, -0.25) is 4.57 Å². The van der Waals surface area contributed by atoms with Gasteiger partial charge in [0.1, 0.15) is 0 Å². The van der Waals surface area contributed by atoms with Crippen LogP contribution in [0.2, 0.25) is 0 Å². The number of benzene rings is 10. The van der Waals surface area contributed by atoms with Crippen molar-refractivity contribution < 1.29 is 0 Å². The Bertz CT molecular complexity index is 3940. The lowest BCUT2D eigenvalue weighted by Crippen LogP contribution is -2.74. The molecule has 0 spiro atoms. The van der Waals surface area contributed by atoms with Crippen molar-refractivity contribution in [3.05, 3.63) is 267 Å². The standard InChI is InChI=1S/C64H44N4Si/c1-6-21-45(22-7-1)48-25-20-32-53(43-48)69(50-28-12-4-13-29-50,51-30-14-5-15-31-51)52-39-37-47(38-40-52)58-44-57(46-23-8-2-9-24-46)65-64(66-58)68-59-35-18-16-33-54(59)55-41-42-61-62(63(55)68)56-34-17-19-36-60(56)67(61)49-26-10-3-11-27-49/h1-44H. The maximum atomic E-state index is 5.59. The third kappa shape index (κ3) is 6.66. The summed E-state index contributed by atoms with van der Waals surface area (Å²) in [5, 5.41) is 9.95. The molecule has 0 aliphatic rings. The second kappa shape index (κ2) is 16.8. The van der Waals surface area contributed by atoms with Crippen LogP contribution in [0.4, 0.5) is 0 Å². The van der Waals surface area contributed by atoms with E-state index in [1.54, 1.807) is 0 Å². The molecular weight excluding hydrogens is 853 g/mol. The molecule has 0 fully saturated rings. The van der Waals surface area contributed by atoms with Gasteiger partial charge in [0.05, 0.1) is 33.5 Å². The highest BCUT2D eigenvalue weighted by molar-refractivity contribution is 7.19. The molecule has 0 aliphatic carbocycles. The third-order valence-corrected chi connectivity index (χ3v) is 18.7. The lowest BCUT2D eigenvalue weighted by Gasteiger charge is -2.34. The van der Waals surface area contributed by atoms with Crippen molar-refractivity contribution in [2.45, 2.75) is 0 Å². The quantitative estimate of drug-likeness (QED) is 0.107. The summed E-state index contributed by atoms with van der Waals surface area (Å²) in [6.07, 6.45) is 0. The van der Waals surface area contributed by atoms with E-state index in [0.29, 0.717) is 5.95 Å². The SMILES string of the molecule is c1ccc(-c2cccc([Si](c3ccccc3)(c3ccccc3)c3ccc(-c4cc(-c5ccccc5)nc(-n5c6ccccc6c6ccc7c(c8ccccc8n7-c7ccccc7)c65)n4)cc3)c2)cc1. The zero-order valence-electron chi connectivity index (χ0n) is 37.7. The average Bonchev–Trinajstić information content (AvgIpc) is 3.96. The number of fused-ring (bicyclic) bond motifs is 7. The maximum absolute atomic E-state index is 5.59. The zero-order chi connectivity index (χ0) is 45.7. The van der Waals surface area contributed by atoms with E-state index in [9.17, 15) is 0 Å². The Morgan fingerprint density at radius 1 is 0.290 bits per heavy atom. The van der Waals surface area contributed by atoms with Gasteiger partial charge >= 0.3 is 0 Å². The molecule has 13 aromatic rings. The molecule has 3 aromatic heterocycles. The summed E-state index contributed by atoms with van der Waals surface area (Å²) in [6.45, 7) is 0. The summed E-state index contributed by atoms with van der Waals surface area (Å²) in [6, 6.07) is 96.8. The molecule has 13 rings (SSSR count). The van der Waals surface area contributed by atoms with E-state index in [4.69, 9.17) is 9.97 Å². The minimum Gasteiger partial charge on any atom is -0.309 e. The average molecular weight is 897 g/mol. The van der Waals surface area contributed by atoms with Gasteiger partial charge in [0.2, 0.25) is 5.95 Å². The van der Waals surface area contributed by atoms with Gasteiger partial charge in [-0.2, -0.15) is 0 Å². The molecule has 0 saturated carbocycles. The number of rotatable bonds is 9. The fraction of sp³-hybridized carbons (Fsp3) is 0. The first-order chi connectivity index (χ1) is 34.2. The van der Waals surface area contributed by atoms with Gasteiger partial charge in [0, 0.05) is 38.4 Å². The van der Waals surface area contributed by atoms with E-state index in [0.717, 1.165) is 61.0 Å². The van der Waals surface area contributed by atoms with Gasteiger partial charge in [-0.25, -0.2) is 9.97 Å². The second-order valence-electron chi connectivity index (χ2n) is 17.7. The third-order valence-electron chi connectivity index (χ3n) is 13.9. The summed E-state index contributed by atoms with van der Waals surface area (Å²) in [5.41, 5.74) is 11.7. The predicted molar refractivity (Wildman–Crippen MR) is 291 cm³/mol. The highest BCUT2D eigenvalue weighted by atomic mass is 28.3. The molecule has 0 N–H and O–H groups in total. The molecule has 10 aromatic carbocycles. The number of nitrogens with zero attached hydrogens (tertiary/aromatic N) is 4. The fourth-order valence-electron chi connectivity index (χ4n) is 10.8. The van der Waals surface area contributed by atoms with E-state index in [1.807, 2.05) is 0 Å². The van der Waals surface area contributed by atoms with Crippen molar-refractivity contribution in [3.8, 4) is 45.3 Å². The molecule has 0 aliphatic heterocycles. The molecule has 0 bridgehead atoms. The first-order valence-corrected chi connectivity index (χ1v) is 25.6. The molecule has 4 nitrogen and oxygen atoms in total. The summed E-state index contributed by atoms with van der Waals surface area (Å²) in [4.78, 5) is 11.1. The molecule has 0 radical (unpaired) electrons. The first kappa shape index (κ1) is 40.4. The van der Waals surface area contributed by atoms with Crippen LogP contribution in [-0.4, -0.2) is 27.2 Å². The van der Waals surface area contributed by atoms with Crippen LogP contribution < -0.4 is 20.7 Å². The minimum atomic E-state index is -2.88. The highest BCUT2D eigenvalue weighted by Gasteiger charge is 2.41. The van der Waals surface area contributed by atoms with Crippen molar-refractivity contribution in [2.24, 2.45) is 0 Å². The van der Waals surface area contributed by atoms with Crippen molar-refractivity contribution in [3.63, 3.8) is 0 Å². The molecule has 0 atom stereocenters. The van der Waals surface area contributed by atoms with Crippen LogP contribution >= 0.6 is 0 Å². The van der Waals surface area contributed by atoms with Crippen LogP contribution in [0.15, 0.2) is 267 Å². The Hall–Kier alpha value is -8.90. The van der Waals surface area contributed by atoms with Gasteiger partial charge < -0.3 is 4.57 Å². The van der Waals surface area contributed by atoms with Crippen molar-refractivity contribution in [2.75, 3.05) is 0 Å². The van der Waals surface area contributed by atoms with E-state index in [-0.39, 0.29) is 0 Å². The normalized spacial score (nSPS) is 11.8. The predicted octanol–water partition coefficient (Wildman–Crippen LogP) is 13.0. The van der Waals surface area contributed by atoms with E-state index < -0.39 is 8.07 Å². The van der Waals surface area contributed by atoms with E-state index in [2.05, 4.69) is 276 Å². The molecule has 0 amide bonds. The molecular formula is C64H44N4Si. The first-order valence-electron chi connectivity index (χ1n) is 23.6. The molecule has 69 heavy (non-hydrogen) atoms. The lowest BCUT2D eigenvalue weighted by molar-refractivity contribution is 0.998. The Kier molecular flexibility index (Phi) is 9.81. The van der Waals surface area contributed by atoms with Gasteiger partial charge in [0.15, 0.2) is 8.07 Å². The minimum absolute atomic E-state index is 0.626. The Morgan fingerprint density at radius 2 is 0.768 bits per heavy atom. The summed E-state index contributed by atoms with van der Waals surface area (Å²) < 4.78 is 4.69. The summed E-state index contributed by atoms with van der Waals surface area (Å²) in [5.74, 6) is 0.626. The smallest absolute Gasteiger partial charge is 0.235 e. The van der Waals surface area contributed by atoms with Crippen molar-refractivity contribution in [1.82, 2.24) is 19.1 Å². The zero-order valence-corrected chi connectivity index (χ0v) is 38.7. The molecule has 0 saturated heterocycles. The van der Waals surface area contributed by atoms with Gasteiger partial charge in [-0.1, -0.05) is 231 Å². The molecule has 0 unspecified atom stereocenters. The van der Waals surface area contributed by atoms with Gasteiger partial charge in [-0.15, -0.1) is 0 Å². The van der Waals surface area contributed by atoms with Crippen LogP contribution in [0.5, 0.6) is 0 Å². The molecule has 3 heterocycles. The van der Waals surface area contributed by atoms with Crippen LogP contribution in [-0.2, 0) is 0 Å². The fourth-order valence-corrected chi connectivity index (χ4v) is 15.6. The Morgan fingerprint density at radius 3 is 1.41 bits per heavy atom. The highest BCUT2D eigenvalue weighted by Crippen LogP contribution is 2.42. The molecule has 5 heteroatoms. The van der Waals surface area contributed by atoms with Crippen LogP contribution in [0.3, 0.4) is 0 Å². The van der Waals surface area contributed by atoms with Crippen molar-refractivity contribution >= 4 is 72.4 Å². The number of aromatic nitrogens is 4. The lowest BCUT2D eigenvalue weighted by atomic mass is 10.1. The second-order valence-corrected chi connectivity index (χ2v) is 21.5. The summed E-state index contributed by atoms with van der Waals surface area (Å²) >= 11 is 0. The van der Waals surface area contributed by atoms with Gasteiger partial charge in [0.25, 0.3) is 0 Å².